The predicted molar refractivity (Wildman–Crippen MR) is 74.6 cm³/mol. The molecule has 2 aromatic rings. The molecule has 0 N–H and O–H groups in total. The summed E-state index contributed by atoms with van der Waals surface area (Å²) in [6, 6.07) is 9.49. The molecule has 104 valence electrons. The Morgan fingerprint density at radius 2 is 2.15 bits per heavy atom. The molecule has 1 heterocycles. The van der Waals surface area contributed by atoms with Crippen LogP contribution in [-0.4, -0.2) is 33.3 Å². The van der Waals surface area contributed by atoms with E-state index >= 15 is 0 Å². The molecule has 1 aromatic heterocycles. The molecule has 6 heteroatoms. The second-order valence-electron chi connectivity index (χ2n) is 4.05. The number of rotatable bonds is 4. The van der Waals surface area contributed by atoms with Gasteiger partial charge >= 0.3 is 6.03 Å². The number of ether oxygens (including phenoxy) is 1. The second-order valence-corrected chi connectivity index (χ2v) is 4.05. The van der Waals surface area contributed by atoms with Gasteiger partial charge in [0.1, 0.15) is 12.7 Å². The van der Waals surface area contributed by atoms with Gasteiger partial charge in [0.25, 0.3) is 0 Å². The zero-order valence-electron chi connectivity index (χ0n) is 11.3. The summed E-state index contributed by atoms with van der Waals surface area (Å²) in [6.07, 6.45) is 3.94. The summed E-state index contributed by atoms with van der Waals surface area (Å²) in [5, 5.41) is 3.74. The molecule has 1 aromatic carbocycles. The molecule has 0 aliphatic rings. The average molecular weight is 272 g/mol. The summed E-state index contributed by atoms with van der Waals surface area (Å²) in [5.41, 5.74) is 1.17. The van der Waals surface area contributed by atoms with E-state index in [1.54, 1.807) is 0 Å². The fourth-order valence-electron chi connectivity index (χ4n) is 1.69. The molecule has 6 nitrogen and oxygen atoms in total. The summed E-state index contributed by atoms with van der Waals surface area (Å²) in [7, 11) is 0. The summed E-state index contributed by atoms with van der Waals surface area (Å²) in [4.78, 5) is 19.4. The van der Waals surface area contributed by atoms with Crippen molar-refractivity contribution >= 4 is 11.9 Å². The van der Waals surface area contributed by atoms with Crippen LogP contribution < -0.4 is 0 Å². The smallest absolute Gasteiger partial charge is 0.372 e. The van der Waals surface area contributed by atoms with Crippen LogP contribution in [0.1, 0.15) is 18.9 Å². The van der Waals surface area contributed by atoms with Gasteiger partial charge in [0.05, 0.1) is 6.61 Å². The maximum Gasteiger partial charge on any atom is 0.372 e. The van der Waals surface area contributed by atoms with Crippen molar-refractivity contribution in [1.29, 1.82) is 0 Å². The molecule has 0 atom stereocenters. The first-order valence-electron chi connectivity index (χ1n) is 6.43. The van der Waals surface area contributed by atoms with Gasteiger partial charge < -0.3 is 4.74 Å². The molecule has 0 aliphatic carbocycles. The molecule has 0 bridgehead atoms. The molecular formula is C14H16N4O2. The van der Waals surface area contributed by atoms with E-state index in [1.807, 2.05) is 37.3 Å². The molecule has 2 rings (SSSR count). The van der Waals surface area contributed by atoms with Gasteiger partial charge in [0.15, 0.2) is 5.90 Å². The fraction of sp³-hybridized carbons (Fsp3) is 0.286. The van der Waals surface area contributed by atoms with E-state index < -0.39 is 6.03 Å². The van der Waals surface area contributed by atoms with Gasteiger partial charge in [-0.3, -0.25) is 0 Å². The molecule has 0 saturated heterocycles. The first-order chi connectivity index (χ1) is 9.79. The first kappa shape index (κ1) is 13.9. The lowest BCUT2D eigenvalue weighted by atomic mass is 10.1. The van der Waals surface area contributed by atoms with E-state index in [0.717, 1.165) is 11.1 Å². The Bertz CT molecular complexity index is 564. The standard InChI is InChI=1S/C14H16N4O2/c1-2-20-13(9-8-12-6-4-3-5-7-12)17-14(19)18-11-15-10-16-18/h3-7,10-11H,2,8-9H2,1H3/b17-13-. The van der Waals surface area contributed by atoms with E-state index in [9.17, 15) is 4.79 Å². The topological polar surface area (TPSA) is 69.4 Å². The van der Waals surface area contributed by atoms with Crippen molar-refractivity contribution in [2.24, 2.45) is 4.99 Å². The van der Waals surface area contributed by atoms with Gasteiger partial charge in [-0.1, -0.05) is 30.3 Å². The Hall–Kier alpha value is -2.50. The van der Waals surface area contributed by atoms with E-state index in [-0.39, 0.29) is 0 Å². The maximum absolute atomic E-state index is 11.8. The van der Waals surface area contributed by atoms with Crippen molar-refractivity contribution in [2.75, 3.05) is 6.61 Å². The highest BCUT2D eigenvalue weighted by Gasteiger charge is 2.08. The number of amides is 1. The Morgan fingerprint density at radius 1 is 1.35 bits per heavy atom. The second kappa shape index (κ2) is 7.18. The normalized spacial score (nSPS) is 11.3. The molecular weight excluding hydrogens is 256 g/mol. The molecule has 0 saturated carbocycles. The van der Waals surface area contributed by atoms with Gasteiger partial charge in [-0.2, -0.15) is 14.8 Å². The van der Waals surface area contributed by atoms with Crippen LogP contribution in [0.3, 0.4) is 0 Å². The number of hydrogen-bond donors (Lipinski definition) is 0. The van der Waals surface area contributed by atoms with Gasteiger partial charge in [-0.05, 0) is 18.9 Å². The number of nitrogens with zero attached hydrogens (tertiary/aromatic N) is 4. The third-order valence-corrected chi connectivity index (χ3v) is 2.62. The Balaban J connectivity index is 2.01. The highest BCUT2D eigenvalue weighted by atomic mass is 16.5. The van der Waals surface area contributed by atoms with Crippen LogP contribution in [0.2, 0.25) is 0 Å². The monoisotopic (exact) mass is 272 g/mol. The molecule has 0 spiro atoms. The average Bonchev–Trinajstić information content (AvgIpc) is 3.00. The third-order valence-electron chi connectivity index (χ3n) is 2.62. The van der Waals surface area contributed by atoms with Crippen molar-refractivity contribution in [2.45, 2.75) is 19.8 Å². The largest absolute Gasteiger partial charge is 0.481 e. The van der Waals surface area contributed by atoms with E-state index in [4.69, 9.17) is 4.74 Å². The highest BCUT2D eigenvalue weighted by molar-refractivity contribution is 5.91. The van der Waals surface area contributed by atoms with Crippen molar-refractivity contribution in [3.63, 3.8) is 0 Å². The summed E-state index contributed by atoms with van der Waals surface area (Å²) in [5.74, 6) is 0.414. The minimum Gasteiger partial charge on any atom is -0.481 e. The summed E-state index contributed by atoms with van der Waals surface area (Å²) in [6.45, 7) is 2.33. The van der Waals surface area contributed by atoms with Crippen LogP contribution in [-0.2, 0) is 11.2 Å². The van der Waals surface area contributed by atoms with Crippen LogP contribution in [0.4, 0.5) is 4.79 Å². The Labute approximate surface area is 117 Å². The van der Waals surface area contributed by atoms with Gasteiger partial charge in [-0.25, -0.2) is 9.78 Å². The van der Waals surface area contributed by atoms with Gasteiger partial charge in [0, 0.05) is 6.42 Å². The lowest BCUT2D eigenvalue weighted by molar-refractivity contribution is 0.246. The van der Waals surface area contributed by atoms with E-state index in [0.29, 0.717) is 18.9 Å². The number of aliphatic imine (C=N–C) groups is 1. The Morgan fingerprint density at radius 3 is 2.80 bits per heavy atom. The van der Waals surface area contributed by atoms with Crippen molar-refractivity contribution in [1.82, 2.24) is 14.8 Å². The van der Waals surface area contributed by atoms with E-state index in [2.05, 4.69) is 15.1 Å². The predicted octanol–water partition coefficient (Wildman–Crippen LogP) is 2.31. The molecule has 20 heavy (non-hydrogen) atoms. The molecule has 0 aliphatic heterocycles. The third kappa shape index (κ3) is 4.01. The lowest BCUT2D eigenvalue weighted by Crippen LogP contribution is -2.14. The van der Waals surface area contributed by atoms with Crippen LogP contribution >= 0.6 is 0 Å². The highest BCUT2D eigenvalue weighted by Crippen LogP contribution is 2.05. The number of benzene rings is 1. The molecule has 0 fully saturated rings. The molecule has 0 unspecified atom stereocenters. The number of carbonyl (C=O) groups is 1. The van der Waals surface area contributed by atoms with Crippen molar-refractivity contribution < 1.29 is 9.53 Å². The maximum atomic E-state index is 11.8. The number of hydrogen-bond acceptors (Lipinski definition) is 4. The quantitative estimate of drug-likeness (QED) is 0.632. The molecule has 1 amide bonds. The number of carbonyl (C=O) groups excluding carboxylic acids is 1. The van der Waals surface area contributed by atoms with E-state index in [1.165, 1.54) is 18.2 Å². The lowest BCUT2D eigenvalue weighted by Gasteiger charge is -2.07. The SMILES string of the molecule is CCO/C(CCc1ccccc1)=N\C(=O)n1cncn1. The zero-order chi connectivity index (χ0) is 14.2. The van der Waals surface area contributed by atoms with Crippen LogP contribution in [0.25, 0.3) is 0 Å². The van der Waals surface area contributed by atoms with Gasteiger partial charge in [0.2, 0.25) is 0 Å². The van der Waals surface area contributed by atoms with Crippen LogP contribution in [0.5, 0.6) is 0 Å². The van der Waals surface area contributed by atoms with Gasteiger partial charge in [-0.15, -0.1) is 0 Å². The first-order valence-corrected chi connectivity index (χ1v) is 6.43. The number of aryl methyl sites for hydroxylation is 1. The van der Waals surface area contributed by atoms with Crippen molar-refractivity contribution in [3.05, 3.63) is 48.5 Å². The fourth-order valence-corrected chi connectivity index (χ4v) is 1.69. The van der Waals surface area contributed by atoms with Crippen LogP contribution in [0.15, 0.2) is 48.0 Å². The minimum atomic E-state index is -0.501. The number of aromatic nitrogens is 3. The summed E-state index contributed by atoms with van der Waals surface area (Å²) < 4.78 is 6.47. The summed E-state index contributed by atoms with van der Waals surface area (Å²) >= 11 is 0. The zero-order valence-corrected chi connectivity index (χ0v) is 11.3. The molecule has 0 radical (unpaired) electrons. The van der Waals surface area contributed by atoms with Crippen molar-refractivity contribution in [3.8, 4) is 0 Å². The van der Waals surface area contributed by atoms with Crippen LogP contribution in [0, 0.1) is 0 Å². The minimum absolute atomic E-state index is 0.414. The Kier molecular flexibility index (Phi) is 5.00.